The van der Waals surface area contributed by atoms with Gasteiger partial charge in [-0.2, -0.15) is 0 Å². The molecule has 0 radical (unpaired) electrons. The van der Waals surface area contributed by atoms with Gasteiger partial charge in [-0.05, 0) is 19.1 Å². The van der Waals surface area contributed by atoms with Crippen LogP contribution < -0.4 is 4.74 Å². The monoisotopic (exact) mass is 248 g/mol. The van der Waals surface area contributed by atoms with Crippen LogP contribution in [-0.4, -0.2) is 19.0 Å². The Balaban J connectivity index is 2.69. The predicted molar refractivity (Wildman–Crippen MR) is 63.6 cm³/mol. The van der Waals surface area contributed by atoms with E-state index in [4.69, 9.17) is 9.15 Å². The lowest BCUT2D eigenvalue weighted by Gasteiger charge is -2.08. The molecule has 0 aliphatic heterocycles. The standard InChI is InChI=1S/C13H12O5/c1-7-10(13(15)16-3)6-11(18-8(2)14)9-4-5-17-12(7)9/h4-6H,1-3H3. The number of benzene rings is 1. The number of rotatable bonds is 2. The maximum absolute atomic E-state index is 11.6. The van der Waals surface area contributed by atoms with Crippen molar-refractivity contribution in [2.24, 2.45) is 0 Å². The van der Waals surface area contributed by atoms with Crippen LogP contribution in [0.25, 0.3) is 11.0 Å². The van der Waals surface area contributed by atoms with Crippen LogP contribution in [0.4, 0.5) is 0 Å². The smallest absolute Gasteiger partial charge is 0.338 e. The van der Waals surface area contributed by atoms with Crippen LogP contribution in [0.3, 0.4) is 0 Å². The molecule has 0 fully saturated rings. The van der Waals surface area contributed by atoms with E-state index in [1.54, 1.807) is 13.0 Å². The van der Waals surface area contributed by atoms with Gasteiger partial charge in [0.15, 0.2) is 0 Å². The Bertz CT molecular complexity index is 624. The van der Waals surface area contributed by atoms with Gasteiger partial charge in [0.1, 0.15) is 11.3 Å². The van der Waals surface area contributed by atoms with Crippen LogP contribution in [0.2, 0.25) is 0 Å². The van der Waals surface area contributed by atoms with Crippen molar-refractivity contribution in [2.45, 2.75) is 13.8 Å². The summed E-state index contributed by atoms with van der Waals surface area (Å²) in [6.07, 6.45) is 1.48. The molecule has 2 rings (SSSR count). The molecule has 1 aromatic heterocycles. The summed E-state index contributed by atoms with van der Waals surface area (Å²) in [5.41, 5.74) is 1.48. The zero-order valence-electron chi connectivity index (χ0n) is 10.3. The van der Waals surface area contributed by atoms with Crippen molar-refractivity contribution >= 4 is 22.9 Å². The third kappa shape index (κ3) is 1.95. The molecule has 1 heterocycles. The molecular formula is C13H12O5. The van der Waals surface area contributed by atoms with Gasteiger partial charge in [-0.1, -0.05) is 0 Å². The van der Waals surface area contributed by atoms with E-state index in [2.05, 4.69) is 4.74 Å². The minimum absolute atomic E-state index is 0.289. The van der Waals surface area contributed by atoms with Crippen LogP contribution in [0.15, 0.2) is 22.8 Å². The molecule has 1 aromatic carbocycles. The molecule has 0 aliphatic carbocycles. The fraction of sp³-hybridized carbons (Fsp3) is 0.231. The molecule has 0 N–H and O–H groups in total. The van der Waals surface area contributed by atoms with Crippen molar-refractivity contribution in [2.75, 3.05) is 7.11 Å². The van der Waals surface area contributed by atoms with E-state index in [0.29, 0.717) is 22.1 Å². The molecule has 18 heavy (non-hydrogen) atoms. The van der Waals surface area contributed by atoms with Crippen molar-refractivity contribution in [1.29, 1.82) is 0 Å². The summed E-state index contributed by atoms with van der Waals surface area (Å²) in [5, 5.41) is 0.648. The minimum atomic E-state index is -0.501. The van der Waals surface area contributed by atoms with Crippen molar-refractivity contribution in [3.63, 3.8) is 0 Å². The highest BCUT2D eigenvalue weighted by atomic mass is 16.5. The van der Waals surface area contributed by atoms with Gasteiger partial charge in [-0.3, -0.25) is 4.79 Å². The fourth-order valence-corrected chi connectivity index (χ4v) is 1.79. The number of fused-ring (bicyclic) bond motifs is 1. The van der Waals surface area contributed by atoms with Gasteiger partial charge in [0, 0.05) is 12.5 Å². The SMILES string of the molecule is COC(=O)c1cc(OC(C)=O)c2ccoc2c1C. The van der Waals surface area contributed by atoms with Crippen molar-refractivity contribution < 1.29 is 23.5 Å². The predicted octanol–water partition coefficient (Wildman–Crippen LogP) is 2.45. The van der Waals surface area contributed by atoms with Gasteiger partial charge >= 0.3 is 11.9 Å². The Morgan fingerprint density at radius 1 is 1.33 bits per heavy atom. The highest BCUT2D eigenvalue weighted by molar-refractivity contribution is 6.00. The first-order valence-electron chi connectivity index (χ1n) is 5.32. The van der Waals surface area contributed by atoms with Gasteiger partial charge in [-0.15, -0.1) is 0 Å². The molecule has 0 amide bonds. The van der Waals surface area contributed by atoms with Crippen molar-refractivity contribution in [3.8, 4) is 5.75 Å². The quantitative estimate of drug-likeness (QED) is 0.603. The van der Waals surface area contributed by atoms with E-state index < -0.39 is 11.9 Å². The van der Waals surface area contributed by atoms with E-state index in [1.165, 1.54) is 26.4 Å². The number of hydrogen-bond donors (Lipinski definition) is 0. The Labute approximate surface area is 103 Å². The molecule has 0 saturated heterocycles. The maximum atomic E-state index is 11.6. The van der Waals surface area contributed by atoms with Crippen LogP contribution in [-0.2, 0) is 9.53 Å². The topological polar surface area (TPSA) is 65.7 Å². The Hall–Kier alpha value is -2.30. The first-order valence-corrected chi connectivity index (χ1v) is 5.32. The lowest BCUT2D eigenvalue weighted by molar-refractivity contribution is -0.131. The number of aryl methyl sites for hydroxylation is 1. The molecule has 0 aliphatic rings. The fourth-order valence-electron chi connectivity index (χ4n) is 1.79. The van der Waals surface area contributed by atoms with E-state index >= 15 is 0 Å². The zero-order chi connectivity index (χ0) is 13.3. The average molecular weight is 248 g/mol. The van der Waals surface area contributed by atoms with E-state index in [-0.39, 0.29) is 5.75 Å². The number of carbonyl (C=O) groups is 2. The molecule has 0 spiro atoms. The third-order valence-corrected chi connectivity index (χ3v) is 2.61. The number of carbonyl (C=O) groups excluding carboxylic acids is 2. The summed E-state index contributed by atoms with van der Waals surface area (Å²) in [7, 11) is 1.29. The van der Waals surface area contributed by atoms with Crippen molar-refractivity contribution in [1.82, 2.24) is 0 Å². The van der Waals surface area contributed by atoms with Crippen LogP contribution in [0.5, 0.6) is 5.75 Å². The van der Waals surface area contributed by atoms with Gasteiger partial charge in [0.2, 0.25) is 0 Å². The summed E-state index contributed by atoms with van der Waals surface area (Å²) in [5.74, 6) is -0.673. The van der Waals surface area contributed by atoms with Crippen LogP contribution in [0.1, 0.15) is 22.8 Å². The number of esters is 2. The Kier molecular flexibility index (Phi) is 3.06. The van der Waals surface area contributed by atoms with Crippen LogP contribution in [0, 0.1) is 6.92 Å². The van der Waals surface area contributed by atoms with E-state index in [1.807, 2.05) is 0 Å². The number of hydrogen-bond acceptors (Lipinski definition) is 5. The summed E-state index contributed by atoms with van der Waals surface area (Å²) in [6, 6.07) is 3.17. The molecule has 0 bridgehead atoms. The molecule has 5 heteroatoms. The lowest BCUT2D eigenvalue weighted by atomic mass is 10.1. The van der Waals surface area contributed by atoms with Gasteiger partial charge in [0.05, 0.1) is 24.3 Å². The molecule has 0 saturated carbocycles. The maximum Gasteiger partial charge on any atom is 0.338 e. The number of methoxy groups -OCH3 is 1. The van der Waals surface area contributed by atoms with Crippen LogP contribution >= 0.6 is 0 Å². The second-order valence-electron chi connectivity index (χ2n) is 3.80. The normalized spacial score (nSPS) is 10.4. The Morgan fingerprint density at radius 2 is 2.06 bits per heavy atom. The highest BCUT2D eigenvalue weighted by Crippen LogP contribution is 2.32. The molecule has 2 aromatic rings. The first-order chi connectivity index (χ1) is 8.54. The van der Waals surface area contributed by atoms with Gasteiger partial charge in [0.25, 0.3) is 0 Å². The second-order valence-corrected chi connectivity index (χ2v) is 3.80. The molecular weight excluding hydrogens is 236 g/mol. The number of ether oxygens (including phenoxy) is 2. The molecule has 0 unspecified atom stereocenters. The number of furan rings is 1. The zero-order valence-corrected chi connectivity index (χ0v) is 10.3. The molecule has 5 nitrogen and oxygen atoms in total. The lowest BCUT2D eigenvalue weighted by Crippen LogP contribution is -2.07. The van der Waals surface area contributed by atoms with Gasteiger partial charge < -0.3 is 13.9 Å². The average Bonchev–Trinajstić information content (AvgIpc) is 2.81. The molecule has 0 atom stereocenters. The van der Waals surface area contributed by atoms with E-state index in [0.717, 1.165) is 0 Å². The molecule has 94 valence electrons. The van der Waals surface area contributed by atoms with Gasteiger partial charge in [-0.25, -0.2) is 4.79 Å². The first kappa shape index (κ1) is 12.2. The summed E-state index contributed by atoms with van der Waals surface area (Å²) in [6.45, 7) is 3.04. The third-order valence-electron chi connectivity index (χ3n) is 2.61. The summed E-state index contributed by atoms with van der Waals surface area (Å²) >= 11 is 0. The largest absolute Gasteiger partial charge is 0.465 e. The highest BCUT2D eigenvalue weighted by Gasteiger charge is 2.18. The Morgan fingerprint density at radius 3 is 2.67 bits per heavy atom. The second kappa shape index (κ2) is 4.52. The minimum Gasteiger partial charge on any atom is -0.465 e. The van der Waals surface area contributed by atoms with Crippen molar-refractivity contribution in [3.05, 3.63) is 29.5 Å². The summed E-state index contributed by atoms with van der Waals surface area (Å²) < 4.78 is 15.1. The summed E-state index contributed by atoms with van der Waals surface area (Å²) in [4.78, 5) is 22.7. The van der Waals surface area contributed by atoms with E-state index in [9.17, 15) is 9.59 Å².